The molecule has 0 unspecified atom stereocenters. The number of phenols is 1. The fourth-order valence-electron chi connectivity index (χ4n) is 1.73. The zero-order chi connectivity index (χ0) is 15.4. The van der Waals surface area contributed by atoms with E-state index in [2.05, 4.69) is 20.9 Å². The van der Waals surface area contributed by atoms with Crippen LogP contribution in [0.5, 0.6) is 11.5 Å². The molecule has 5 nitrogen and oxygen atoms in total. The smallest absolute Gasteiger partial charge is 0.339 e. The molecule has 0 spiro atoms. The van der Waals surface area contributed by atoms with Crippen LogP contribution in [0.3, 0.4) is 0 Å². The predicted octanol–water partition coefficient (Wildman–Crippen LogP) is 3.61. The highest BCUT2D eigenvalue weighted by molar-refractivity contribution is 9.10. The van der Waals surface area contributed by atoms with E-state index in [9.17, 15) is 9.90 Å². The van der Waals surface area contributed by atoms with E-state index < -0.39 is 5.97 Å². The Morgan fingerprint density at radius 3 is 2.71 bits per heavy atom. The summed E-state index contributed by atoms with van der Waals surface area (Å²) in [4.78, 5) is 15.2. The maximum atomic E-state index is 11.0. The van der Waals surface area contributed by atoms with Gasteiger partial charge in [-0.1, -0.05) is 15.9 Å². The van der Waals surface area contributed by atoms with Gasteiger partial charge in [0, 0.05) is 16.3 Å². The molecule has 0 radical (unpaired) electrons. The number of aromatic carboxylic acids is 1. The zero-order valence-corrected chi connectivity index (χ0v) is 12.7. The van der Waals surface area contributed by atoms with Crippen LogP contribution in [0, 0.1) is 0 Å². The summed E-state index contributed by atoms with van der Waals surface area (Å²) < 4.78 is 6.10. The molecule has 0 aliphatic rings. The molecule has 0 atom stereocenters. The number of halogens is 1. The van der Waals surface area contributed by atoms with Crippen molar-refractivity contribution in [2.24, 2.45) is 4.99 Å². The highest BCUT2D eigenvalue weighted by atomic mass is 79.9. The molecule has 21 heavy (non-hydrogen) atoms. The van der Waals surface area contributed by atoms with Gasteiger partial charge < -0.3 is 14.9 Å². The van der Waals surface area contributed by atoms with Crippen LogP contribution in [0.25, 0.3) is 0 Å². The second kappa shape index (κ2) is 6.41. The highest BCUT2D eigenvalue weighted by Crippen LogP contribution is 2.25. The minimum absolute atomic E-state index is 0.189. The Labute approximate surface area is 129 Å². The van der Waals surface area contributed by atoms with Crippen molar-refractivity contribution in [3.63, 3.8) is 0 Å². The molecular formula is C15H12BrNO4. The molecule has 0 amide bonds. The number of ether oxygens (including phenoxy) is 1. The van der Waals surface area contributed by atoms with Crippen molar-refractivity contribution in [2.75, 3.05) is 7.11 Å². The van der Waals surface area contributed by atoms with Gasteiger partial charge in [-0.2, -0.15) is 0 Å². The van der Waals surface area contributed by atoms with E-state index in [4.69, 9.17) is 9.84 Å². The van der Waals surface area contributed by atoms with Crippen molar-refractivity contribution in [2.45, 2.75) is 0 Å². The molecule has 0 fully saturated rings. The van der Waals surface area contributed by atoms with Gasteiger partial charge in [-0.05, 0) is 36.4 Å². The minimum Gasteiger partial charge on any atom is -0.507 e. The summed E-state index contributed by atoms with van der Waals surface area (Å²) >= 11 is 3.36. The Kier molecular flexibility index (Phi) is 4.59. The SMILES string of the molecule is COc1ccc(Br)cc1C=Nc1ccc(O)c(C(=O)O)c1. The van der Waals surface area contributed by atoms with Crippen molar-refractivity contribution < 1.29 is 19.7 Å². The van der Waals surface area contributed by atoms with E-state index in [0.717, 1.165) is 10.0 Å². The van der Waals surface area contributed by atoms with E-state index in [0.29, 0.717) is 11.4 Å². The fourth-order valence-corrected chi connectivity index (χ4v) is 2.10. The van der Waals surface area contributed by atoms with Crippen LogP contribution < -0.4 is 4.74 Å². The molecule has 2 rings (SSSR count). The average Bonchev–Trinajstić information content (AvgIpc) is 2.46. The first-order valence-electron chi connectivity index (χ1n) is 5.95. The van der Waals surface area contributed by atoms with Gasteiger partial charge in [0.25, 0.3) is 0 Å². The largest absolute Gasteiger partial charge is 0.507 e. The quantitative estimate of drug-likeness (QED) is 0.826. The molecule has 0 aliphatic heterocycles. The number of aliphatic imine (C=N–C) groups is 1. The minimum atomic E-state index is -1.20. The Morgan fingerprint density at radius 1 is 1.29 bits per heavy atom. The summed E-state index contributed by atoms with van der Waals surface area (Å²) in [5.41, 5.74) is 0.981. The van der Waals surface area contributed by atoms with Crippen molar-refractivity contribution in [3.05, 3.63) is 52.0 Å². The lowest BCUT2D eigenvalue weighted by Crippen LogP contribution is -1.96. The van der Waals surface area contributed by atoms with Crippen molar-refractivity contribution in [3.8, 4) is 11.5 Å². The molecule has 0 heterocycles. The summed E-state index contributed by atoms with van der Waals surface area (Å²) in [6, 6.07) is 9.61. The van der Waals surface area contributed by atoms with Gasteiger partial charge in [-0.3, -0.25) is 4.99 Å². The van der Waals surface area contributed by atoms with Crippen LogP contribution in [0.1, 0.15) is 15.9 Å². The molecule has 0 aromatic heterocycles. The summed E-state index contributed by atoms with van der Waals surface area (Å²) in [6.45, 7) is 0. The number of benzene rings is 2. The maximum Gasteiger partial charge on any atom is 0.339 e. The molecule has 108 valence electrons. The van der Waals surface area contributed by atoms with Crippen molar-refractivity contribution >= 4 is 33.8 Å². The molecule has 2 aromatic carbocycles. The van der Waals surface area contributed by atoms with Crippen molar-refractivity contribution in [1.82, 2.24) is 0 Å². The normalized spacial score (nSPS) is 10.8. The number of nitrogens with zero attached hydrogens (tertiary/aromatic N) is 1. The number of methoxy groups -OCH3 is 1. The van der Waals surface area contributed by atoms with Gasteiger partial charge in [-0.15, -0.1) is 0 Å². The fraction of sp³-hybridized carbons (Fsp3) is 0.0667. The lowest BCUT2D eigenvalue weighted by molar-refractivity contribution is 0.0694. The molecule has 0 bridgehead atoms. The maximum absolute atomic E-state index is 11.0. The van der Waals surface area contributed by atoms with E-state index in [1.807, 2.05) is 12.1 Å². The van der Waals surface area contributed by atoms with Gasteiger partial charge in [0.2, 0.25) is 0 Å². The molecule has 0 aliphatic carbocycles. The van der Waals surface area contributed by atoms with E-state index in [-0.39, 0.29) is 11.3 Å². The number of carboxylic acid groups (broad SMARTS) is 1. The standard InChI is InChI=1S/C15H12BrNO4/c1-21-14-5-2-10(16)6-9(14)8-17-11-3-4-13(18)12(7-11)15(19)20/h2-8,18H,1H3,(H,19,20). The Balaban J connectivity index is 2.36. The molecule has 0 saturated carbocycles. The number of rotatable bonds is 4. The van der Waals surface area contributed by atoms with Crippen LogP contribution in [-0.2, 0) is 0 Å². The second-order valence-electron chi connectivity index (χ2n) is 4.15. The summed E-state index contributed by atoms with van der Waals surface area (Å²) in [6.07, 6.45) is 1.57. The first-order chi connectivity index (χ1) is 10.0. The van der Waals surface area contributed by atoms with Gasteiger partial charge in [0.05, 0.1) is 12.8 Å². The second-order valence-corrected chi connectivity index (χ2v) is 5.07. The molecule has 2 N–H and O–H groups in total. The van der Waals surface area contributed by atoms with Gasteiger partial charge in [0.15, 0.2) is 0 Å². The molecule has 6 heteroatoms. The number of aromatic hydroxyl groups is 1. The van der Waals surface area contributed by atoms with Crippen LogP contribution in [0.15, 0.2) is 45.9 Å². The summed E-state index contributed by atoms with van der Waals surface area (Å²) in [5, 5.41) is 18.4. The van der Waals surface area contributed by atoms with Crippen LogP contribution in [0.4, 0.5) is 5.69 Å². The third-order valence-corrected chi connectivity index (χ3v) is 3.25. The lowest BCUT2D eigenvalue weighted by atomic mass is 10.2. The summed E-state index contributed by atoms with van der Waals surface area (Å²) in [5.74, 6) is -0.842. The monoisotopic (exact) mass is 349 g/mol. The first-order valence-corrected chi connectivity index (χ1v) is 6.74. The number of hydrogen-bond acceptors (Lipinski definition) is 4. The third kappa shape index (κ3) is 3.61. The first kappa shape index (κ1) is 15.1. The highest BCUT2D eigenvalue weighted by Gasteiger charge is 2.09. The van der Waals surface area contributed by atoms with Gasteiger partial charge in [0.1, 0.15) is 17.1 Å². The van der Waals surface area contributed by atoms with Crippen LogP contribution in [-0.4, -0.2) is 29.5 Å². The van der Waals surface area contributed by atoms with Gasteiger partial charge >= 0.3 is 5.97 Å². The number of carboxylic acids is 1. The van der Waals surface area contributed by atoms with Crippen molar-refractivity contribution in [1.29, 1.82) is 0 Å². The topological polar surface area (TPSA) is 79.1 Å². The molecule has 2 aromatic rings. The van der Waals surface area contributed by atoms with Crippen LogP contribution in [0.2, 0.25) is 0 Å². The lowest BCUT2D eigenvalue weighted by Gasteiger charge is -2.05. The Hall–Kier alpha value is -2.34. The molecular weight excluding hydrogens is 338 g/mol. The summed E-state index contributed by atoms with van der Waals surface area (Å²) in [7, 11) is 1.56. The van der Waals surface area contributed by atoms with Crippen LogP contribution >= 0.6 is 15.9 Å². The third-order valence-electron chi connectivity index (χ3n) is 2.75. The van der Waals surface area contributed by atoms with E-state index in [1.54, 1.807) is 19.4 Å². The average molecular weight is 350 g/mol. The Morgan fingerprint density at radius 2 is 2.05 bits per heavy atom. The molecule has 0 saturated heterocycles. The van der Waals surface area contributed by atoms with Gasteiger partial charge in [-0.25, -0.2) is 4.79 Å². The Bertz CT molecular complexity index is 713. The number of carbonyl (C=O) groups is 1. The predicted molar refractivity (Wildman–Crippen MR) is 83.0 cm³/mol. The zero-order valence-electron chi connectivity index (χ0n) is 11.1. The number of hydrogen-bond donors (Lipinski definition) is 2. The van der Waals surface area contributed by atoms with E-state index in [1.165, 1.54) is 18.2 Å². The van der Waals surface area contributed by atoms with E-state index >= 15 is 0 Å².